The topological polar surface area (TPSA) is 29.1 Å². The molecule has 0 aliphatic rings. The van der Waals surface area contributed by atoms with Crippen LogP contribution < -0.4 is 5.32 Å². The molecule has 0 aliphatic heterocycles. The van der Waals surface area contributed by atoms with E-state index in [-0.39, 0.29) is 10.7 Å². The van der Waals surface area contributed by atoms with Crippen molar-refractivity contribution in [3.63, 3.8) is 0 Å². The highest BCUT2D eigenvalue weighted by atomic mass is 79.9. The van der Waals surface area contributed by atoms with Crippen LogP contribution in [0.3, 0.4) is 0 Å². The Morgan fingerprint density at radius 3 is 2.55 bits per heavy atom. The predicted octanol–water partition coefficient (Wildman–Crippen LogP) is 4.62. The van der Waals surface area contributed by atoms with Gasteiger partial charge in [-0.3, -0.25) is 4.79 Å². The molecule has 0 spiro atoms. The Hall–Kier alpha value is -1.13. The molecule has 4 heteroatoms. The first-order valence-electron chi connectivity index (χ1n) is 6.31. The number of halogens is 2. The molecule has 20 heavy (non-hydrogen) atoms. The number of hydrogen-bond acceptors (Lipinski definition) is 1. The number of carbonyl (C=O) groups is 1. The third kappa shape index (κ3) is 3.93. The maximum absolute atomic E-state index is 12.1. The van der Waals surface area contributed by atoms with Crippen LogP contribution >= 0.6 is 31.9 Å². The SMILES string of the molecule is Cc1cc(C(=O)NCC(Br)c2ccccc2)ccc1Br. The van der Waals surface area contributed by atoms with Crippen LogP contribution in [0.4, 0.5) is 0 Å². The number of alkyl halides is 1. The van der Waals surface area contributed by atoms with E-state index in [0.717, 1.165) is 15.6 Å². The van der Waals surface area contributed by atoms with Crippen LogP contribution in [-0.2, 0) is 0 Å². The highest BCUT2D eigenvalue weighted by Gasteiger charge is 2.11. The molecule has 2 aromatic rings. The van der Waals surface area contributed by atoms with E-state index in [1.807, 2.05) is 55.5 Å². The van der Waals surface area contributed by atoms with Gasteiger partial charge in [0.25, 0.3) is 5.91 Å². The molecule has 0 aliphatic carbocycles. The van der Waals surface area contributed by atoms with Gasteiger partial charge in [0, 0.05) is 16.6 Å². The Kier molecular flexibility index (Phi) is 5.38. The molecule has 0 saturated carbocycles. The summed E-state index contributed by atoms with van der Waals surface area (Å²) in [5.74, 6) is -0.0546. The van der Waals surface area contributed by atoms with Gasteiger partial charge in [0.2, 0.25) is 0 Å². The van der Waals surface area contributed by atoms with Gasteiger partial charge in [-0.25, -0.2) is 0 Å². The van der Waals surface area contributed by atoms with Gasteiger partial charge < -0.3 is 5.32 Å². The van der Waals surface area contributed by atoms with E-state index in [0.29, 0.717) is 12.1 Å². The molecule has 0 heterocycles. The number of hydrogen-bond donors (Lipinski definition) is 1. The lowest BCUT2D eigenvalue weighted by molar-refractivity contribution is 0.0954. The quantitative estimate of drug-likeness (QED) is 0.750. The maximum Gasteiger partial charge on any atom is 0.251 e. The Labute approximate surface area is 135 Å². The molecule has 0 saturated heterocycles. The average molecular weight is 397 g/mol. The summed E-state index contributed by atoms with van der Waals surface area (Å²) in [6.07, 6.45) is 0. The van der Waals surface area contributed by atoms with E-state index in [9.17, 15) is 4.79 Å². The van der Waals surface area contributed by atoms with Crippen LogP contribution in [-0.4, -0.2) is 12.5 Å². The summed E-state index contributed by atoms with van der Waals surface area (Å²) < 4.78 is 1.01. The number of rotatable bonds is 4. The first kappa shape index (κ1) is 15.3. The minimum absolute atomic E-state index is 0.0546. The van der Waals surface area contributed by atoms with Crippen molar-refractivity contribution in [1.82, 2.24) is 5.32 Å². The number of benzene rings is 2. The molecule has 0 aromatic heterocycles. The number of carbonyl (C=O) groups excluding carboxylic acids is 1. The fourth-order valence-electron chi connectivity index (χ4n) is 1.85. The van der Waals surface area contributed by atoms with Gasteiger partial charge in [-0.1, -0.05) is 62.2 Å². The zero-order valence-electron chi connectivity index (χ0n) is 11.1. The minimum Gasteiger partial charge on any atom is -0.351 e. The van der Waals surface area contributed by atoms with E-state index >= 15 is 0 Å². The van der Waals surface area contributed by atoms with E-state index in [1.165, 1.54) is 0 Å². The molecular weight excluding hydrogens is 382 g/mol. The first-order chi connectivity index (χ1) is 9.58. The summed E-state index contributed by atoms with van der Waals surface area (Å²) in [4.78, 5) is 12.2. The lowest BCUT2D eigenvalue weighted by atomic mass is 10.1. The third-order valence-corrected chi connectivity index (χ3v) is 4.77. The predicted molar refractivity (Wildman–Crippen MR) is 89.3 cm³/mol. The van der Waals surface area contributed by atoms with Crippen LogP contribution in [0.1, 0.15) is 26.3 Å². The largest absolute Gasteiger partial charge is 0.351 e. The van der Waals surface area contributed by atoms with Crippen LogP contribution in [0.2, 0.25) is 0 Å². The molecule has 1 amide bonds. The fraction of sp³-hybridized carbons (Fsp3) is 0.188. The summed E-state index contributed by atoms with van der Waals surface area (Å²) in [5.41, 5.74) is 2.88. The maximum atomic E-state index is 12.1. The summed E-state index contributed by atoms with van der Waals surface area (Å²) in [5, 5.41) is 2.94. The molecule has 0 bridgehead atoms. The number of amides is 1. The van der Waals surface area contributed by atoms with Gasteiger partial charge in [0.1, 0.15) is 0 Å². The highest BCUT2D eigenvalue weighted by Crippen LogP contribution is 2.21. The zero-order valence-corrected chi connectivity index (χ0v) is 14.2. The van der Waals surface area contributed by atoms with E-state index < -0.39 is 0 Å². The van der Waals surface area contributed by atoms with Crippen molar-refractivity contribution in [2.24, 2.45) is 0 Å². The normalized spacial score (nSPS) is 11.9. The van der Waals surface area contributed by atoms with Crippen LogP contribution in [0.15, 0.2) is 53.0 Å². The van der Waals surface area contributed by atoms with Crippen molar-refractivity contribution in [3.8, 4) is 0 Å². The van der Waals surface area contributed by atoms with E-state index in [2.05, 4.69) is 37.2 Å². The van der Waals surface area contributed by atoms with Crippen LogP contribution in [0.25, 0.3) is 0 Å². The van der Waals surface area contributed by atoms with Crippen molar-refractivity contribution in [1.29, 1.82) is 0 Å². The molecule has 2 rings (SSSR count). The van der Waals surface area contributed by atoms with Crippen molar-refractivity contribution < 1.29 is 4.79 Å². The smallest absolute Gasteiger partial charge is 0.251 e. The molecule has 0 fully saturated rings. The lowest BCUT2D eigenvalue weighted by Crippen LogP contribution is -2.26. The standard InChI is InChI=1S/C16H15Br2NO/c1-11-9-13(7-8-14(11)17)16(20)19-10-15(18)12-5-3-2-4-6-12/h2-9,15H,10H2,1H3,(H,19,20). The molecule has 0 radical (unpaired) electrons. The van der Waals surface area contributed by atoms with Gasteiger partial charge in [-0.2, -0.15) is 0 Å². The van der Waals surface area contributed by atoms with Crippen molar-refractivity contribution in [2.75, 3.05) is 6.54 Å². The fourth-order valence-corrected chi connectivity index (χ4v) is 2.56. The molecule has 1 unspecified atom stereocenters. The zero-order chi connectivity index (χ0) is 14.5. The third-order valence-electron chi connectivity index (χ3n) is 3.02. The first-order valence-corrected chi connectivity index (χ1v) is 8.02. The Morgan fingerprint density at radius 1 is 1.20 bits per heavy atom. The molecule has 2 aromatic carbocycles. The Bertz CT molecular complexity index is 599. The second kappa shape index (κ2) is 7.04. The number of aryl methyl sites for hydroxylation is 1. The molecule has 1 atom stereocenters. The minimum atomic E-state index is -0.0546. The lowest BCUT2D eigenvalue weighted by Gasteiger charge is -2.12. The van der Waals surface area contributed by atoms with Crippen molar-refractivity contribution in [2.45, 2.75) is 11.8 Å². The number of nitrogens with one attached hydrogen (secondary N) is 1. The average Bonchev–Trinajstić information content (AvgIpc) is 2.48. The van der Waals surface area contributed by atoms with Gasteiger partial charge >= 0.3 is 0 Å². The van der Waals surface area contributed by atoms with Crippen molar-refractivity contribution in [3.05, 3.63) is 69.7 Å². The van der Waals surface area contributed by atoms with Crippen molar-refractivity contribution >= 4 is 37.8 Å². The van der Waals surface area contributed by atoms with Gasteiger partial charge in [0.05, 0.1) is 4.83 Å². The second-order valence-electron chi connectivity index (χ2n) is 4.55. The van der Waals surface area contributed by atoms with E-state index in [1.54, 1.807) is 0 Å². The molecule has 2 nitrogen and oxygen atoms in total. The summed E-state index contributed by atoms with van der Waals surface area (Å²) in [7, 11) is 0. The van der Waals surface area contributed by atoms with Crippen LogP contribution in [0, 0.1) is 6.92 Å². The van der Waals surface area contributed by atoms with Gasteiger partial charge in [-0.15, -0.1) is 0 Å². The molecular formula is C16H15Br2NO. The molecule has 104 valence electrons. The van der Waals surface area contributed by atoms with Gasteiger partial charge in [0.15, 0.2) is 0 Å². The Balaban J connectivity index is 1.97. The summed E-state index contributed by atoms with van der Waals surface area (Å²) in [6.45, 7) is 2.52. The summed E-state index contributed by atoms with van der Waals surface area (Å²) in [6, 6.07) is 15.6. The van der Waals surface area contributed by atoms with Crippen LogP contribution in [0.5, 0.6) is 0 Å². The molecule has 1 N–H and O–H groups in total. The Morgan fingerprint density at radius 2 is 1.90 bits per heavy atom. The summed E-state index contributed by atoms with van der Waals surface area (Å²) >= 11 is 7.02. The van der Waals surface area contributed by atoms with E-state index in [4.69, 9.17) is 0 Å². The second-order valence-corrected chi connectivity index (χ2v) is 6.51. The monoisotopic (exact) mass is 395 g/mol. The van der Waals surface area contributed by atoms with Gasteiger partial charge in [-0.05, 0) is 36.2 Å². The highest BCUT2D eigenvalue weighted by molar-refractivity contribution is 9.10.